The Morgan fingerprint density at radius 1 is 1.29 bits per heavy atom. The number of hydrogen-bond acceptors (Lipinski definition) is 5. The summed E-state index contributed by atoms with van der Waals surface area (Å²) in [7, 11) is -3.24. The van der Waals surface area contributed by atoms with E-state index in [1.807, 2.05) is 0 Å². The second-order valence-corrected chi connectivity index (χ2v) is 9.52. The first kappa shape index (κ1) is 17.1. The minimum Gasteiger partial charge on any atom is -0.327 e. The van der Waals surface area contributed by atoms with Gasteiger partial charge >= 0.3 is 0 Å². The lowest BCUT2D eigenvalue weighted by Gasteiger charge is -2.37. The van der Waals surface area contributed by atoms with Crippen molar-refractivity contribution in [2.75, 3.05) is 23.8 Å². The third kappa shape index (κ3) is 3.93. The van der Waals surface area contributed by atoms with Crippen LogP contribution < -0.4 is 5.73 Å². The lowest BCUT2D eigenvalue weighted by Crippen LogP contribution is -2.54. The molecule has 0 spiro atoms. The van der Waals surface area contributed by atoms with Crippen LogP contribution in [0.3, 0.4) is 0 Å². The summed E-state index contributed by atoms with van der Waals surface area (Å²) in [4.78, 5) is 14.5. The quantitative estimate of drug-likeness (QED) is 0.785. The zero-order valence-electron chi connectivity index (χ0n) is 12.7. The van der Waals surface area contributed by atoms with Crippen molar-refractivity contribution in [1.29, 1.82) is 0 Å². The number of amides is 1. The molecular formula is C14H26N2O3S2. The van der Waals surface area contributed by atoms with E-state index in [9.17, 15) is 13.2 Å². The molecule has 3 unspecified atom stereocenters. The van der Waals surface area contributed by atoms with Crippen molar-refractivity contribution in [3.63, 3.8) is 0 Å². The van der Waals surface area contributed by atoms with Gasteiger partial charge in [0.1, 0.15) is 5.37 Å². The largest absolute Gasteiger partial charge is 0.327 e. The Bertz CT molecular complexity index is 467. The number of hydrogen-bond donors (Lipinski definition) is 1. The molecule has 1 heterocycles. The summed E-state index contributed by atoms with van der Waals surface area (Å²) in [5.74, 6) is 1.14. The average Bonchev–Trinajstić information content (AvgIpc) is 2.71. The van der Waals surface area contributed by atoms with Crippen molar-refractivity contribution in [2.45, 2.75) is 50.4 Å². The highest BCUT2D eigenvalue weighted by atomic mass is 32.2. The van der Waals surface area contributed by atoms with Crippen molar-refractivity contribution >= 4 is 27.5 Å². The maximum Gasteiger partial charge on any atom is 0.228 e. The summed E-state index contributed by atoms with van der Waals surface area (Å²) in [6.07, 6.45) is 4.85. The summed E-state index contributed by atoms with van der Waals surface area (Å²) < 4.78 is 24.5. The fourth-order valence-electron chi connectivity index (χ4n) is 3.18. The number of nitrogens with zero attached hydrogens (tertiary/aromatic N) is 1. The minimum absolute atomic E-state index is 0.0354. The zero-order chi connectivity index (χ0) is 15.5. The fraction of sp³-hybridized carbons (Fsp3) is 0.929. The molecule has 5 nitrogen and oxygen atoms in total. The summed E-state index contributed by atoms with van der Waals surface area (Å²) in [5.41, 5.74) is 6.17. The summed E-state index contributed by atoms with van der Waals surface area (Å²) >= 11 is 1.61. The molecular weight excluding hydrogens is 308 g/mol. The fourth-order valence-corrected chi connectivity index (χ4v) is 6.15. The monoisotopic (exact) mass is 334 g/mol. The van der Waals surface area contributed by atoms with E-state index >= 15 is 0 Å². The number of nitrogens with two attached hydrogens (primary N) is 1. The van der Waals surface area contributed by atoms with Gasteiger partial charge in [0.25, 0.3) is 0 Å². The Hall–Kier alpha value is -0.270. The summed E-state index contributed by atoms with van der Waals surface area (Å²) in [5, 5.41) is -0.663. The predicted octanol–water partition coefficient (Wildman–Crippen LogP) is 1.23. The summed E-state index contributed by atoms with van der Waals surface area (Å²) in [6, 6.07) is -0.125. The lowest BCUT2D eigenvalue weighted by atomic mass is 9.94. The molecule has 1 aliphatic heterocycles. The second kappa shape index (κ2) is 7.33. The molecule has 2 aliphatic rings. The molecule has 0 aromatic carbocycles. The number of rotatable bonds is 3. The van der Waals surface area contributed by atoms with E-state index in [0.29, 0.717) is 12.3 Å². The van der Waals surface area contributed by atoms with E-state index in [0.717, 1.165) is 37.9 Å². The van der Waals surface area contributed by atoms with E-state index in [-0.39, 0.29) is 23.6 Å². The maximum absolute atomic E-state index is 12.9. The van der Waals surface area contributed by atoms with E-state index < -0.39 is 15.2 Å². The number of carbonyl (C=O) groups excluding carboxylic acids is 1. The SMILES string of the molecule is CCS(=O)(=O)C1CSCCN1C(=O)C1CCCCCC1N. The van der Waals surface area contributed by atoms with Crippen LogP contribution in [0, 0.1) is 5.92 Å². The van der Waals surface area contributed by atoms with Crippen LogP contribution in [0.25, 0.3) is 0 Å². The smallest absolute Gasteiger partial charge is 0.228 e. The Morgan fingerprint density at radius 2 is 2.00 bits per heavy atom. The molecule has 7 heteroatoms. The molecule has 21 heavy (non-hydrogen) atoms. The van der Waals surface area contributed by atoms with Crippen LogP contribution in [0.15, 0.2) is 0 Å². The van der Waals surface area contributed by atoms with E-state index in [4.69, 9.17) is 5.73 Å². The Morgan fingerprint density at radius 3 is 2.71 bits per heavy atom. The van der Waals surface area contributed by atoms with Gasteiger partial charge in [0.05, 0.1) is 5.92 Å². The first-order chi connectivity index (χ1) is 9.97. The van der Waals surface area contributed by atoms with Gasteiger partial charge in [0, 0.05) is 29.8 Å². The topological polar surface area (TPSA) is 80.5 Å². The zero-order valence-corrected chi connectivity index (χ0v) is 14.3. The molecule has 1 saturated carbocycles. The van der Waals surface area contributed by atoms with Crippen LogP contribution in [0.5, 0.6) is 0 Å². The highest BCUT2D eigenvalue weighted by Gasteiger charge is 2.39. The van der Waals surface area contributed by atoms with Gasteiger partial charge in [-0.3, -0.25) is 4.79 Å². The third-order valence-electron chi connectivity index (χ3n) is 4.57. The van der Waals surface area contributed by atoms with Crippen molar-refractivity contribution in [2.24, 2.45) is 11.7 Å². The van der Waals surface area contributed by atoms with Crippen molar-refractivity contribution in [3.8, 4) is 0 Å². The molecule has 2 N–H and O–H groups in total. The number of thioether (sulfide) groups is 1. The van der Waals surface area contributed by atoms with Gasteiger partial charge in [-0.25, -0.2) is 8.42 Å². The first-order valence-corrected chi connectivity index (χ1v) is 10.7. The third-order valence-corrected chi connectivity index (χ3v) is 7.86. The van der Waals surface area contributed by atoms with E-state index in [1.165, 1.54) is 0 Å². The lowest BCUT2D eigenvalue weighted by molar-refractivity contribution is -0.136. The maximum atomic E-state index is 12.9. The highest BCUT2D eigenvalue weighted by Crippen LogP contribution is 2.28. The minimum atomic E-state index is -3.24. The normalized spacial score (nSPS) is 31.7. The predicted molar refractivity (Wildman–Crippen MR) is 86.8 cm³/mol. The van der Waals surface area contributed by atoms with Gasteiger partial charge in [0.15, 0.2) is 9.84 Å². The van der Waals surface area contributed by atoms with Crippen LogP contribution >= 0.6 is 11.8 Å². The molecule has 122 valence electrons. The Kier molecular flexibility index (Phi) is 5.96. The van der Waals surface area contributed by atoms with Crippen LogP contribution in [-0.4, -0.2) is 54.4 Å². The first-order valence-electron chi connectivity index (χ1n) is 7.82. The Labute approximate surface area is 131 Å². The van der Waals surface area contributed by atoms with Gasteiger partial charge in [-0.1, -0.05) is 26.2 Å². The molecule has 0 bridgehead atoms. The van der Waals surface area contributed by atoms with Crippen molar-refractivity contribution < 1.29 is 13.2 Å². The molecule has 0 aromatic rings. The molecule has 2 rings (SSSR count). The molecule has 0 aromatic heterocycles. The van der Waals surface area contributed by atoms with Crippen molar-refractivity contribution in [1.82, 2.24) is 4.90 Å². The standard InChI is InChI=1S/C14H26N2O3S2/c1-2-21(18,19)13-10-20-9-8-16(13)14(17)11-6-4-3-5-7-12(11)15/h11-13H,2-10,15H2,1H3. The van der Waals surface area contributed by atoms with Gasteiger partial charge in [-0.15, -0.1) is 0 Å². The molecule has 1 saturated heterocycles. The van der Waals surface area contributed by atoms with E-state index in [2.05, 4.69) is 0 Å². The van der Waals surface area contributed by atoms with Crippen LogP contribution in [0.2, 0.25) is 0 Å². The van der Waals surface area contributed by atoms with Crippen LogP contribution in [-0.2, 0) is 14.6 Å². The Balaban J connectivity index is 2.18. The van der Waals surface area contributed by atoms with Crippen molar-refractivity contribution in [3.05, 3.63) is 0 Å². The van der Waals surface area contributed by atoms with Gasteiger partial charge < -0.3 is 10.6 Å². The average molecular weight is 335 g/mol. The number of carbonyl (C=O) groups is 1. The van der Waals surface area contributed by atoms with Gasteiger partial charge in [-0.05, 0) is 12.8 Å². The molecule has 2 fully saturated rings. The molecule has 3 atom stereocenters. The second-order valence-electron chi connectivity index (χ2n) is 5.92. The van der Waals surface area contributed by atoms with Crippen LogP contribution in [0.4, 0.5) is 0 Å². The summed E-state index contributed by atoms with van der Waals surface area (Å²) in [6.45, 7) is 2.17. The highest BCUT2D eigenvalue weighted by molar-refractivity contribution is 8.01. The van der Waals surface area contributed by atoms with Crippen LogP contribution in [0.1, 0.15) is 39.0 Å². The molecule has 1 aliphatic carbocycles. The van der Waals surface area contributed by atoms with Gasteiger partial charge in [0.2, 0.25) is 5.91 Å². The molecule has 1 amide bonds. The van der Waals surface area contributed by atoms with Gasteiger partial charge in [-0.2, -0.15) is 11.8 Å². The van der Waals surface area contributed by atoms with E-state index in [1.54, 1.807) is 23.6 Å². The number of sulfone groups is 1. The molecule has 0 radical (unpaired) electrons.